The van der Waals surface area contributed by atoms with Crippen LogP contribution in [0.2, 0.25) is 0 Å². The van der Waals surface area contributed by atoms with Gasteiger partial charge in [-0.15, -0.1) is 0 Å². The van der Waals surface area contributed by atoms with Crippen molar-refractivity contribution in [3.05, 3.63) is 86.3 Å². The molecule has 2 aromatic carbocycles. The van der Waals surface area contributed by atoms with E-state index in [2.05, 4.69) is 15.2 Å². The molecule has 8 nitrogen and oxygen atoms in total. The minimum Gasteiger partial charge on any atom is -0.342 e. The lowest BCUT2D eigenvalue weighted by molar-refractivity contribution is 0.0792. The summed E-state index contributed by atoms with van der Waals surface area (Å²) in [5.41, 5.74) is 2.67. The maximum atomic E-state index is 13.4. The molecule has 0 bridgehead atoms. The standard InChI is InChI=1S/C26H28FN5O3/c1-3-32-23-12-11-18(15-22(23)28-24(33)26(32)35)25(34)31(2)13-6-4-5-10-20-16-21(30-29-20)17-8-7-9-19(27)14-17/h7-9,11-12,14-16H,3-6,10,13H2,1-2H3,(H,28,33)(H,29,30). The number of hydrogen-bond acceptors (Lipinski definition) is 4. The molecule has 9 heteroatoms. The summed E-state index contributed by atoms with van der Waals surface area (Å²) in [6.07, 6.45) is 3.52. The molecule has 0 aliphatic rings. The zero-order valence-electron chi connectivity index (χ0n) is 19.8. The summed E-state index contributed by atoms with van der Waals surface area (Å²) in [4.78, 5) is 41.0. The largest absolute Gasteiger partial charge is 0.342 e. The highest BCUT2D eigenvalue weighted by Gasteiger charge is 2.14. The Kier molecular flexibility index (Phi) is 7.24. The number of carbonyl (C=O) groups excluding carboxylic acids is 1. The van der Waals surface area contributed by atoms with Gasteiger partial charge in [-0.25, -0.2) is 4.39 Å². The van der Waals surface area contributed by atoms with Gasteiger partial charge in [-0.05, 0) is 62.6 Å². The first kappa shape index (κ1) is 24.1. The second-order valence-electron chi connectivity index (χ2n) is 8.56. The molecule has 0 aliphatic heterocycles. The average molecular weight is 478 g/mol. The number of unbranched alkanes of at least 4 members (excludes halogenated alkanes) is 2. The van der Waals surface area contributed by atoms with Crippen LogP contribution in [0.25, 0.3) is 22.3 Å². The number of halogens is 1. The van der Waals surface area contributed by atoms with Gasteiger partial charge in [-0.2, -0.15) is 5.10 Å². The van der Waals surface area contributed by atoms with Gasteiger partial charge in [0.25, 0.3) is 5.91 Å². The fourth-order valence-electron chi connectivity index (χ4n) is 4.17. The van der Waals surface area contributed by atoms with Gasteiger partial charge >= 0.3 is 11.1 Å². The number of aromatic nitrogens is 4. The Morgan fingerprint density at radius 3 is 2.69 bits per heavy atom. The van der Waals surface area contributed by atoms with Crippen LogP contribution < -0.4 is 11.1 Å². The van der Waals surface area contributed by atoms with Crippen LogP contribution in [0.1, 0.15) is 42.2 Å². The number of hydrogen-bond donors (Lipinski definition) is 2. The van der Waals surface area contributed by atoms with Gasteiger partial charge in [0, 0.05) is 37.0 Å². The van der Waals surface area contributed by atoms with Crippen LogP contribution >= 0.6 is 0 Å². The van der Waals surface area contributed by atoms with E-state index in [4.69, 9.17) is 0 Å². The molecular weight excluding hydrogens is 449 g/mol. The topological polar surface area (TPSA) is 104 Å². The van der Waals surface area contributed by atoms with Crippen molar-refractivity contribution < 1.29 is 9.18 Å². The lowest BCUT2D eigenvalue weighted by Crippen LogP contribution is -2.36. The monoisotopic (exact) mass is 477 g/mol. The van der Waals surface area contributed by atoms with E-state index in [1.165, 1.54) is 16.7 Å². The Labute approximate surface area is 201 Å². The van der Waals surface area contributed by atoms with Crippen LogP contribution in [0.5, 0.6) is 0 Å². The van der Waals surface area contributed by atoms with Crippen molar-refractivity contribution in [2.24, 2.45) is 0 Å². The molecular formula is C26H28FN5O3. The average Bonchev–Trinajstić information content (AvgIpc) is 3.33. The number of rotatable bonds is 9. The number of fused-ring (bicyclic) bond motifs is 1. The number of aryl methyl sites for hydroxylation is 2. The van der Waals surface area contributed by atoms with E-state index in [0.717, 1.165) is 42.6 Å². The molecule has 0 unspecified atom stereocenters. The van der Waals surface area contributed by atoms with Crippen molar-refractivity contribution in [1.29, 1.82) is 0 Å². The molecule has 0 fully saturated rings. The number of aromatic amines is 2. The summed E-state index contributed by atoms with van der Waals surface area (Å²) in [5.74, 6) is -0.431. The van der Waals surface area contributed by atoms with Crippen LogP contribution in [-0.4, -0.2) is 44.1 Å². The van der Waals surface area contributed by atoms with E-state index in [1.807, 2.05) is 12.1 Å². The second kappa shape index (κ2) is 10.5. The molecule has 2 N–H and O–H groups in total. The zero-order valence-corrected chi connectivity index (χ0v) is 19.8. The lowest BCUT2D eigenvalue weighted by atomic mass is 10.1. The number of benzene rings is 2. The van der Waals surface area contributed by atoms with Crippen molar-refractivity contribution in [2.75, 3.05) is 13.6 Å². The minimum absolute atomic E-state index is 0.143. The summed E-state index contributed by atoms with van der Waals surface area (Å²) in [5, 5.41) is 7.28. The maximum absolute atomic E-state index is 13.4. The SMILES string of the molecule is CCn1c(=O)c(=O)[nH]c2cc(C(=O)N(C)CCCCCc3cc(-c4cccc(F)c4)n[nH]3)ccc21. The normalized spacial score (nSPS) is 11.2. The van der Waals surface area contributed by atoms with Crippen molar-refractivity contribution in [2.45, 2.75) is 39.2 Å². The predicted molar refractivity (Wildman–Crippen MR) is 133 cm³/mol. The van der Waals surface area contributed by atoms with Crippen LogP contribution in [0.4, 0.5) is 4.39 Å². The molecule has 0 aliphatic carbocycles. The van der Waals surface area contributed by atoms with Crippen LogP contribution in [0, 0.1) is 5.82 Å². The van der Waals surface area contributed by atoms with E-state index >= 15 is 0 Å². The maximum Gasteiger partial charge on any atom is 0.316 e. The second-order valence-corrected chi connectivity index (χ2v) is 8.56. The Morgan fingerprint density at radius 1 is 1.09 bits per heavy atom. The van der Waals surface area contributed by atoms with Crippen LogP contribution in [0.3, 0.4) is 0 Å². The van der Waals surface area contributed by atoms with E-state index in [-0.39, 0.29) is 11.7 Å². The smallest absolute Gasteiger partial charge is 0.316 e. The molecule has 1 amide bonds. The van der Waals surface area contributed by atoms with Gasteiger partial charge in [0.15, 0.2) is 0 Å². The van der Waals surface area contributed by atoms with Crippen molar-refractivity contribution >= 4 is 16.9 Å². The Balaban J connectivity index is 1.29. The number of nitrogens with one attached hydrogen (secondary N) is 2. The Morgan fingerprint density at radius 2 is 1.91 bits per heavy atom. The molecule has 0 saturated carbocycles. The van der Waals surface area contributed by atoms with E-state index < -0.39 is 11.1 Å². The number of amides is 1. The number of carbonyl (C=O) groups is 1. The summed E-state index contributed by atoms with van der Waals surface area (Å²) < 4.78 is 14.8. The first-order valence-electron chi connectivity index (χ1n) is 11.7. The highest BCUT2D eigenvalue weighted by Crippen LogP contribution is 2.19. The van der Waals surface area contributed by atoms with Gasteiger partial charge in [0.05, 0.1) is 16.7 Å². The third-order valence-electron chi connectivity index (χ3n) is 6.08. The van der Waals surface area contributed by atoms with E-state index in [9.17, 15) is 18.8 Å². The van der Waals surface area contributed by atoms with Crippen molar-refractivity contribution in [3.63, 3.8) is 0 Å². The fourth-order valence-corrected chi connectivity index (χ4v) is 4.17. The molecule has 0 spiro atoms. The Bertz CT molecular complexity index is 1470. The molecule has 182 valence electrons. The molecule has 0 radical (unpaired) electrons. The molecule has 2 aromatic heterocycles. The molecule has 0 atom stereocenters. The number of nitrogens with zero attached hydrogens (tertiary/aromatic N) is 3. The quantitative estimate of drug-likeness (QED) is 0.283. The highest BCUT2D eigenvalue weighted by molar-refractivity contribution is 5.97. The number of H-pyrrole nitrogens is 2. The van der Waals surface area contributed by atoms with Crippen LogP contribution in [0.15, 0.2) is 58.1 Å². The highest BCUT2D eigenvalue weighted by atomic mass is 19.1. The summed E-state index contributed by atoms with van der Waals surface area (Å²) in [7, 11) is 1.75. The predicted octanol–water partition coefficient (Wildman–Crippen LogP) is 3.72. The molecule has 4 aromatic rings. The Hall–Kier alpha value is -4.01. The minimum atomic E-state index is -0.697. The zero-order chi connectivity index (χ0) is 24.9. The van der Waals surface area contributed by atoms with Gasteiger partial charge in [0.2, 0.25) is 0 Å². The third-order valence-corrected chi connectivity index (χ3v) is 6.08. The molecule has 35 heavy (non-hydrogen) atoms. The van der Waals surface area contributed by atoms with Crippen molar-refractivity contribution in [1.82, 2.24) is 24.6 Å². The summed E-state index contributed by atoms with van der Waals surface area (Å²) in [6.45, 7) is 2.76. The van der Waals surface area contributed by atoms with Crippen molar-refractivity contribution in [3.8, 4) is 11.3 Å². The first-order chi connectivity index (χ1) is 16.9. The van der Waals surface area contributed by atoms with Gasteiger partial charge in [-0.1, -0.05) is 18.6 Å². The fraction of sp³-hybridized carbons (Fsp3) is 0.308. The van der Waals surface area contributed by atoms with Gasteiger partial charge in [-0.3, -0.25) is 19.5 Å². The molecule has 0 saturated heterocycles. The summed E-state index contributed by atoms with van der Waals surface area (Å²) in [6, 6.07) is 13.3. The van der Waals surface area contributed by atoms with Gasteiger partial charge in [0.1, 0.15) is 5.82 Å². The lowest BCUT2D eigenvalue weighted by Gasteiger charge is -2.17. The van der Waals surface area contributed by atoms with E-state index in [1.54, 1.807) is 43.1 Å². The van der Waals surface area contributed by atoms with E-state index in [0.29, 0.717) is 29.7 Å². The summed E-state index contributed by atoms with van der Waals surface area (Å²) >= 11 is 0. The molecule has 4 rings (SSSR count). The van der Waals surface area contributed by atoms with Gasteiger partial charge < -0.3 is 14.5 Å². The molecule has 2 heterocycles. The van der Waals surface area contributed by atoms with Crippen LogP contribution in [-0.2, 0) is 13.0 Å². The first-order valence-corrected chi connectivity index (χ1v) is 11.7. The third kappa shape index (κ3) is 5.40.